The van der Waals surface area contributed by atoms with Crippen LogP contribution in [0.2, 0.25) is 0 Å². The molecule has 14 heavy (non-hydrogen) atoms. The summed E-state index contributed by atoms with van der Waals surface area (Å²) < 4.78 is 0. The molecule has 2 heteroatoms. The van der Waals surface area contributed by atoms with Gasteiger partial charge in [-0.25, -0.2) is 0 Å². The van der Waals surface area contributed by atoms with Crippen LogP contribution < -0.4 is 5.32 Å². The summed E-state index contributed by atoms with van der Waals surface area (Å²) in [6.45, 7) is 2.98. The normalized spacial score (nSPS) is 10.6. The van der Waals surface area contributed by atoms with Crippen LogP contribution in [0.5, 0.6) is 0 Å². The molecule has 1 rings (SSSR count). The first-order valence-corrected chi connectivity index (χ1v) is 4.73. The fourth-order valence-electron chi connectivity index (χ4n) is 1.17. The lowest BCUT2D eigenvalue weighted by Gasteiger charge is -2.01. The molecule has 0 heterocycles. The SMILES string of the molecule is C/C=C/C(=O)CNCc1ccccc1. The smallest absolute Gasteiger partial charge is 0.169 e. The summed E-state index contributed by atoms with van der Waals surface area (Å²) in [4.78, 5) is 11.1. The van der Waals surface area contributed by atoms with E-state index in [1.54, 1.807) is 12.2 Å². The monoisotopic (exact) mass is 189 g/mol. The average molecular weight is 189 g/mol. The van der Waals surface area contributed by atoms with Crippen molar-refractivity contribution >= 4 is 5.78 Å². The Balaban J connectivity index is 2.25. The highest BCUT2D eigenvalue weighted by molar-refractivity contribution is 5.91. The van der Waals surface area contributed by atoms with Gasteiger partial charge in [0.15, 0.2) is 5.78 Å². The second-order valence-corrected chi connectivity index (χ2v) is 3.06. The summed E-state index contributed by atoms with van der Waals surface area (Å²) in [6.07, 6.45) is 3.34. The minimum atomic E-state index is 0.114. The molecule has 0 spiro atoms. The van der Waals surface area contributed by atoms with Crippen molar-refractivity contribution < 1.29 is 4.79 Å². The molecule has 1 aromatic carbocycles. The molecule has 0 unspecified atom stereocenters. The third-order valence-electron chi connectivity index (χ3n) is 1.82. The van der Waals surface area contributed by atoms with Gasteiger partial charge in [0, 0.05) is 6.54 Å². The summed E-state index contributed by atoms with van der Waals surface area (Å²) in [7, 11) is 0. The van der Waals surface area contributed by atoms with Crippen LogP contribution in [-0.4, -0.2) is 12.3 Å². The zero-order valence-electron chi connectivity index (χ0n) is 8.36. The maximum absolute atomic E-state index is 11.1. The number of allylic oxidation sites excluding steroid dienone is 1. The van der Waals surface area contributed by atoms with E-state index in [-0.39, 0.29) is 5.78 Å². The van der Waals surface area contributed by atoms with Crippen molar-refractivity contribution in [3.8, 4) is 0 Å². The predicted molar refractivity (Wildman–Crippen MR) is 58.0 cm³/mol. The summed E-state index contributed by atoms with van der Waals surface area (Å²) in [5.74, 6) is 0.114. The molecule has 0 aliphatic rings. The van der Waals surface area contributed by atoms with Crippen LogP contribution in [0.15, 0.2) is 42.5 Å². The van der Waals surface area contributed by atoms with Crippen molar-refractivity contribution in [2.75, 3.05) is 6.54 Å². The van der Waals surface area contributed by atoms with Gasteiger partial charge in [-0.3, -0.25) is 4.79 Å². The first kappa shape index (κ1) is 10.7. The van der Waals surface area contributed by atoms with E-state index in [1.165, 1.54) is 5.56 Å². The Bertz CT molecular complexity index is 303. The summed E-state index contributed by atoms with van der Waals surface area (Å²) in [5, 5.41) is 3.09. The molecule has 0 aromatic heterocycles. The molecule has 0 atom stereocenters. The highest BCUT2D eigenvalue weighted by Crippen LogP contribution is 1.96. The quantitative estimate of drug-likeness (QED) is 0.717. The first-order valence-electron chi connectivity index (χ1n) is 4.73. The molecule has 0 fully saturated rings. The Labute approximate surface area is 84.6 Å². The number of rotatable bonds is 5. The lowest BCUT2D eigenvalue weighted by Crippen LogP contribution is -2.20. The van der Waals surface area contributed by atoms with Crippen LogP contribution in [0, 0.1) is 0 Å². The molecule has 0 bridgehead atoms. The molecule has 0 saturated carbocycles. The predicted octanol–water partition coefficient (Wildman–Crippen LogP) is 1.92. The Hall–Kier alpha value is -1.41. The number of nitrogens with one attached hydrogen (secondary N) is 1. The van der Waals surface area contributed by atoms with E-state index in [9.17, 15) is 4.79 Å². The van der Waals surface area contributed by atoms with Crippen LogP contribution >= 0.6 is 0 Å². The molecule has 0 saturated heterocycles. The van der Waals surface area contributed by atoms with Gasteiger partial charge in [-0.2, -0.15) is 0 Å². The maximum atomic E-state index is 11.1. The summed E-state index contributed by atoms with van der Waals surface area (Å²) in [6, 6.07) is 10.0. The zero-order valence-corrected chi connectivity index (χ0v) is 8.36. The van der Waals surface area contributed by atoms with Gasteiger partial charge in [-0.1, -0.05) is 36.4 Å². The lowest BCUT2D eigenvalue weighted by molar-refractivity contribution is -0.113. The Morgan fingerprint density at radius 1 is 1.36 bits per heavy atom. The van der Waals surface area contributed by atoms with E-state index in [1.807, 2.05) is 37.3 Å². The van der Waals surface area contributed by atoms with Gasteiger partial charge < -0.3 is 5.32 Å². The third-order valence-corrected chi connectivity index (χ3v) is 1.82. The van der Waals surface area contributed by atoms with Gasteiger partial charge in [0.1, 0.15) is 0 Å². The average Bonchev–Trinajstić information content (AvgIpc) is 2.20. The van der Waals surface area contributed by atoms with Gasteiger partial charge in [-0.05, 0) is 18.6 Å². The first-order chi connectivity index (χ1) is 6.83. The van der Waals surface area contributed by atoms with E-state index >= 15 is 0 Å². The van der Waals surface area contributed by atoms with Crippen LogP contribution in [0.3, 0.4) is 0 Å². The van der Waals surface area contributed by atoms with Crippen LogP contribution in [0.4, 0.5) is 0 Å². The topological polar surface area (TPSA) is 29.1 Å². The number of carbonyl (C=O) groups is 1. The Morgan fingerprint density at radius 2 is 2.07 bits per heavy atom. The van der Waals surface area contributed by atoms with Crippen LogP contribution in [0.25, 0.3) is 0 Å². The third kappa shape index (κ3) is 4.01. The van der Waals surface area contributed by atoms with E-state index in [0.29, 0.717) is 6.54 Å². The number of carbonyl (C=O) groups excluding carboxylic acids is 1. The van der Waals surface area contributed by atoms with E-state index < -0.39 is 0 Å². The van der Waals surface area contributed by atoms with Gasteiger partial charge in [0.05, 0.1) is 6.54 Å². The largest absolute Gasteiger partial charge is 0.306 e. The van der Waals surface area contributed by atoms with Crippen LogP contribution in [-0.2, 0) is 11.3 Å². The molecule has 0 aliphatic heterocycles. The maximum Gasteiger partial charge on any atom is 0.169 e. The number of hydrogen-bond acceptors (Lipinski definition) is 2. The zero-order chi connectivity index (χ0) is 10.2. The molecule has 2 nitrogen and oxygen atoms in total. The highest BCUT2D eigenvalue weighted by Gasteiger charge is 1.95. The van der Waals surface area contributed by atoms with E-state index in [0.717, 1.165) is 6.54 Å². The van der Waals surface area contributed by atoms with E-state index in [4.69, 9.17) is 0 Å². The minimum absolute atomic E-state index is 0.114. The summed E-state index contributed by atoms with van der Waals surface area (Å²) in [5.41, 5.74) is 1.20. The van der Waals surface area contributed by atoms with Gasteiger partial charge in [0.2, 0.25) is 0 Å². The van der Waals surface area contributed by atoms with Crippen molar-refractivity contribution in [1.82, 2.24) is 5.32 Å². The standard InChI is InChI=1S/C12H15NO/c1-2-6-12(14)10-13-9-11-7-4-3-5-8-11/h2-8,13H,9-10H2,1H3/b6-2+. The highest BCUT2D eigenvalue weighted by atomic mass is 16.1. The second kappa shape index (κ2) is 6.11. The molecule has 74 valence electrons. The number of benzene rings is 1. The molecular formula is C12H15NO. The van der Waals surface area contributed by atoms with Crippen molar-refractivity contribution in [2.45, 2.75) is 13.5 Å². The van der Waals surface area contributed by atoms with Crippen molar-refractivity contribution in [1.29, 1.82) is 0 Å². The fraction of sp³-hybridized carbons (Fsp3) is 0.250. The lowest BCUT2D eigenvalue weighted by atomic mass is 10.2. The fourth-order valence-corrected chi connectivity index (χ4v) is 1.17. The van der Waals surface area contributed by atoms with Gasteiger partial charge in [0.25, 0.3) is 0 Å². The van der Waals surface area contributed by atoms with Crippen molar-refractivity contribution in [3.63, 3.8) is 0 Å². The van der Waals surface area contributed by atoms with Crippen molar-refractivity contribution in [3.05, 3.63) is 48.0 Å². The molecule has 0 amide bonds. The number of ketones is 1. The molecular weight excluding hydrogens is 174 g/mol. The number of hydrogen-bond donors (Lipinski definition) is 1. The van der Waals surface area contributed by atoms with Gasteiger partial charge >= 0.3 is 0 Å². The molecule has 1 N–H and O–H groups in total. The minimum Gasteiger partial charge on any atom is -0.306 e. The molecule has 1 aromatic rings. The van der Waals surface area contributed by atoms with Gasteiger partial charge in [-0.15, -0.1) is 0 Å². The Kier molecular flexibility index (Phi) is 4.65. The molecule has 0 aliphatic carbocycles. The van der Waals surface area contributed by atoms with Crippen LogP contribution in [0.1, 0.15) is 12.5 Å². The molecule has 0 radical (unpaired) electrons. The van der Waals surface area contributed by atoms with Crippen molar-refractivity contribution in [2.24, 2.45) is 0 Å². The van der Waals surface area contributed by atoms with E-state index in [2.05, 4.69) is 5.32 Å². The second-order valence-electron chi connectivity index (χ2n) is 3.06. The Morgan fingerprint density at radius 3 is 2.71 bits per heavy atom. The summed E-state index contributed by atoms with van der Waals surface area (Å²) >= 11 is 0.